The number of amides is 1. The number of alkyl halides is 1. The molecule has 0 radical (unpaired) electrons. The van der Waals surface area contributed by atoms with Crippen molar-refractivity contribution in [2.45, 2.75) is 42.8 Å². The van der Waals surface area contributed by atoms with E-state index in [-0.39, 0.29) is 10.5 Å². The zero-order chi connectivity index (χ0) is 21.7. The molecule has 0 unspecified atom stereocenters. The van der Waals surface area contributed by atoms with Crippen LogP contribution in [0, 0.1) is 0 Å². The van der Waals surface area contributed by atoms with Gasteiger partial charge < -0.3 is 11.1 Å². The van der Waals surface area contributed by atoms with Crippen molar-refractivity contribution >= 4 is 26.9 Å². The Morgan fingerprint density at radius 2 is 2.00 bits per heavy atom. The number of rotatable bonds is 5. The summed E-state index contributed by atoms with van der Waals surface area (Å²) in [5.41, 5.74) is 6.97. The van der Waals surface area contributed by atoms with Crippen LogP contribution < -0.4 is 11.1 Å². The van der Waals surface area contributed by atoms with Crippen molar-refractivity contribution < 1.29 is 17.6 Å². The molecule has 0 spiro atoms. The Bertz CT molecular complexity index is 1230. The summed E-state index contributed by atoms with van der Waals surface area (Å²) in [4.78, 5) is 12.2. The van der Waals surface area contributed by atoms with E-state index in [0.29, 0.717) is 24.0 Å². The molecule has 4 rings (SSSR count). The van der Waals surface area contributed by atoms with E-state index in [1.54, 1.807) is 41.9 Å². The second-order valence-corrected chi connectivity index (χ2v) is 10.0. The van der Waals surface area contributed by atoms with Crippen LogP contribution in [0.25, 0.3) is 16.6 Å². The van der Waals surface area contributed by atoms with Gasteiger partial charge in [-0.1, -0.05) is 12.1 Å². The molecule has 1 amide bonds. The van der Waals surface area contributed by atoms with Gasteiger partial charge in [0.15, 0.2) is 9.84 Å². The van der Waals surface area contributed by atoms with Crippen LogP contribution in [0.1, 0.15) is 36.5 Å². The molecule has 2 atom stereocenters. The zero-order valence-electron chi connectivity index (χ0n) is 16.7. The van der Waals surface area contributed by atoms with Crippen LogP contribution in [-0.4, -0.2) is 41.9 Å². The van der Waals surface area contributed by atoms with Gasteiger partial charge in [0.2, 0.25) is 0 Å². The number of aromatic nitrogens is 2. The number of nitrogens with two attached hydrogens (primary N) is 1. The summed E-state index contributed by atoms with van der Waals surface area (Å²) in [5, 5.41) is 7.47. The smallest absolute Gasteiger partial charge is 0.252 e. The van der Waals surface area contributed by atoms with Crippen LogP contribution >= 0.6 is 0 Å². The molecule has 3 N–H and O–H groups in total. The summed E-state index contributed by atoms with van der Waals surface area (Å²) in [6, 6.07) is 7.89. The van der Waals surface area contributed by atoms with Gasteiger partial charge in [-0.3, -0.25) is 4.79 Å². The third-order valence-corrected chi connectivity index (χ3v) is 6.85. The lowest BCUT2D eigenvalue weighted by Gasteiger charge is -2.26. The summed E-state index contributed by atoms with van der Waals surface area (Å²) < 4.78 is 39.8. The number of benzene rings is 1. The predicted octanol–water partition coefficient (Wildman–Crippen LogP) is 3.20. The molecule has 158 valence electrons. The van der Waals surface area contributed by atoms with Gasteiger partial charge in [0.1, 0.15) is 5.67 Å². The van der Waals surface area contributed by atoms with Crippen molar-refractivity contribution in [3.8, 4) is 11.1 Å². The Morgan fingerprint density at radius 3 is 2.57 bits per heavy atom. The highest BCUT2D eigenvalue weighted by Gasteiger charge is 2.39. The minimum Gasteiger partial charge on any atom is -0.377 e. The van der Waals surface area contributed by atoms with Crippen LogP contribution in [0.4, 0.5) is 10.1 Å². The number of halogens is 1. The lowest BCUT2D eigenvalue weighted by molar-refractivity contribution is 0.1000. The molecule has 1 saturated carbocycles. The van der Waals surface area contributed by atoms with Crippen molar-refractivity contribution in [3.63, 3.8) is 0 Å². The van der Waals surface area contributed by atoms with Crippen molar-refractivity contribution in [1.29, 1.82) is 0 Å². The van der Waals surface area contributed by atoms with E-state index in [4.69, 9.17) is 5.73 Å². The van der Waals surface area contributed by atoms with Gasteiger partial charge in [-0.05, 0) is 49.9 Å². The fraction of sp³-hybridized carbons (Fsp3) is 0.333. The van der Waals surface area contributed by atoms with Gasteiger partial charge in [0.05, 0.1) is 33.9 Å². The maximum absolute atomic E-state index is 14.8. The first kappa shape index (κ1) is 20.3. The molecule has 2 aromatic heterocycles. The van der Waals surface area contributed by atoms with Gasteiger partial charge in [0.25, 0.3) is 5.91 Å². The number of carbonyl (C=O) groups excluding carboxylic acids is 1. The second-order valence-electron chi connectivity index (χ2n) is 8.02. The highest BCUT2D eigenvalue weighted by Crippen LogP contribution is 2.37. The van der Waals surface area contributed by atoms with Gasteiger partial charge >= 0.3 is 0 Å². The number of hydrogen-bond donors (Lipinski definition) is 2. The summed E-state index contributed by atoms with van der Waals surface area (Å²) in [7, 11) is -3.29. The predicted molar refractivity (Wildman–Crippen MR) is 113 cm³/mol. The first-order valence-corrected chi connectivity index (χ1v) is 11.5. The zero-order valence-corrected chi connectivity index (χ0v) is 17.5. The molecule has 1 aliphatic rings. The number of fused-ring (bicyclic) bond motifs is 1. The third-order valence-electron chi connectivity index (χ3n) is 5.72. The largest absolute Gasteiger partial charge is 0.377 e. The van der Waals surface area contributed by atoms with E-state index in [1.165, 1.54) is 6.20 Å². The first-order chi connectivity index (χ1) is 14.1. The van der Waals surface area contributed by atoms with E-state index in [0.717, 1.165) is 23.8 Å². The third kappa shape index (κ3) is 3.65. The normalized spacial score (nSPS) is 21.8. The molecule has 0 bridgehead atoms. The quantitative estimate of drug-likeness (QED) is 0.647. The van der Waals surface area contributed by atoms with Crippen molar-refractivity contribution in [1.82, 2.24) is 9.61 Å². The highest BCUT2D eigenvalue weighted by atomic mass is 32.2. The van der Waals surface area contributed by atoms with Crippen molar-refractivity contribution in [3.05, 3.63) is 48.3 Å². The Labute approximate surface area is 174 Å². The molecule has 30 heavy (non-hydrogen) atoms. The van der Waals surface area contributed by atoms with Gasteiger partial charge in [0, 0.05) is 18.0 Å². The first-order valence-electron chi connectivity index (χ1n) is 9.63. The van der Waals surface area contributed by atoms with Crippen LogP contribution in [0.15, 0.2) is 47.6 Å². The Balaban J connectivity index is 1.79. The van der Waals surface area contributed by atoms with Crippen LogP contribution in [0.3, 0.4) is 0 Å². The van der Waals surface area contributed by atoms with E-state index in [2.05, 4.69) is 10.4 Å². The van der Waals surface area contributed by atoms with Crippen LogP contribution in [0.2, 0.25) is 0 Å². The number of nitrogens with one attached hydrogen (secondary N) is 1. The standard InChI is InChI=1S/C21H23FN4O3S/c1-21(22)9-3-4-18(21)25-19-16(20(23)27)11-24-26-12-14(10-17(19)26)13-5-7-15(8-6-13)30(2,28)29/h5-8,10-12,18,25H,3-4,9H2,1-2H3,(H2,23,27)/t18-,21+/m1/s1. The van der Waals surface area contributed by atoms with Crippen molar-refractivity contribution in [2.24, 2.45) is 5.73 Å². The molecule has 0 aliphatic heterocycles. The minimum absolute atomic E-state index is 0.197. The maximum Gasteiger partial charge on any atom is 0.252 e. The molecule has 0 saturated heterocycles. The van der Waals surface area contributed by atoms with Gasteiger partial charge in [-0.2, -0.15) is 5.10 Å². The number of anilines is 1. The van der Waals surface area contributed by atoms with Crippen molar-refractivity contribution in [2.75, 3.05) is 11.6 Å². The molecule has 1 aromatic carbocycles. The highest BCUT2D eigenvalue weighted by molar-refractivity contribution is 7.90. The Morgan fingerprint density at radius 1 is 1.30 bits per heavy atom. The Kier molecular flexibility index (Phi) is 4.80. The summed E-state index contributed by atoms with van der Waals surface area (Å²) in [5.74, 6) is -0.647. The molecular formula is C21H23FN4O3S. The fourth-order valence-electron chi connectivity index (χ4n) is 3.97. The molecular weight excluding hydrogens is 407 g/mol. The summed E-state index contributed by atoms with van der Waals surface area (Å²) >= 11 is 0. The maximum atomic E-state index is 14.8. The fourth-order valence-corrected chi connectivity index (χ4v) is 4.60. The molecule has 3 aromatic rings. The van der Waals surface area contributed by atoms with Gasteiger partial charge in [-0.25, -0.2) is 17.3 Å². The lowest BCUT2D eigenvalue weighted by Crippen LogP contribution is -2.36. The summed E-state index contributed by atoms with van der Waals surface area (Å²) in [6.07, 6.45) is 6.17. The van der Waals surface area contributed by atoms with Crippen LogP contribution in [0.5, 0.6) is 0 Å². The van der Waals surface area contributed by atoms with Gasteiger partial charge in [-0.15, -0.1) is 0 Å². The van der Waals surface area contributed by atoms with Crippen LogP contribution in [-0.2, 0) is 9.84 Å². The number of sulfone groups is 1. The van der Waals surface area contributed by atoms with E-state index < -0.39 is 27.5 Å². The molecule has 2 heterocycles. The number of primary amides is 1. The molecule has 1 aliphatic carbocycles. The number of carbonyl (C=O) groups is 1. The Hall–Kier alpha value is -2.94. The van der Waals surface area contributed by atoms with E-state index >= 15 is 0 Å². The monoisotopic (exact) mass is 430 g/mol. The number of nitrogens with zero attached hydrogens (tertiary/aromatic N) is 2. The summed E-state index contributed by atoms with van der Waals surface area (Å²) in [6.45, 7) is 1.56. The topological polar surface area (TPSA) is 107 Å². The van der Waals surface area contributed by atoms with E-state index in [1.807, 2.05) is 6.07 Å². The average molecular weight is 431 g/mol. The van der Waals surface area contributed by atoms with E-state index in [9.17, 15) is 17.6 Å². The SMILES string of the molecule is C[C@]1(F)CCC[C@H]1Nc1c(C(N)=O)cnn2cc(-c3ccc(S(C)(=O)=O)cc3)cc12. The second kappa shape index (κ2) is 7.09. The lowest BCUT2D eigenvalue weighted by atomic mass is 10.0. The number of hydrogen-bond acceptors (Lipinski definition) is 5. The molecule has 7 nitrogen and oxygen atoms in total. The minimum atomic E-state index is -3.29. The average Bonchev–Trinajstić information content (AvgIpc) is 3.24. The molecule has 1 fully saturated rings. The molecule has 9 heteroatoms.